The van der Waals surface area contributed by atoms with E-state index in [-0.39, 0.29) is 5.91 Å². The van der Waals surface area contributed by atoms with Gasteiger partial charge in [0.25, 0.3) is 5.91 Å². The molecular formula is C8H10BrNOS. The number of thiophene rings is 1. The number of hydrogen-bond donors (Lipinski definition) is 1. The number of aryl methyl sites for hydroxylation is 1. The van der Waals surface area contributed by atoms with Gasteiger partial charge in [-0.3, -0.25) is 4.79 Å². The molecule has 1 heterocycles. The van der Waals surface area contributed by atoms with Crippen LogP contribution in [0.3, 0.4) is 0 Å². The number of nitrogens with one attached hydrogen (secondary N) is 1. The summed E-state index contributed by atoms with van der Waals surface area (Å²) >= 11 is 4.73. The Balaban J connectivity index is 2.59. The zero-order chi connectivity index (χ0) is 8.97. The highest BCUT2D eigenvalue weighted by Crippen LogP contribution is 2.14. The maximum atomic E-state index is 11.4. The number of amides is 1. The molecule has 1 aromatic heterocycles. The zero-order valence-corrected chi connectivity index (χ0v) is 9.17. The van der Waals surface area contributed by atoms with Crippen LogP contribution in [0.15, 0.2) is 11.4 Å². The molecule has 0 radical (unpaired) electrons. The third-order valence-electron chi connectivity index (χ3n) is 1.45. The first kappa shape index (κ1) is 9.74. The Kier molecular flexibility index (Phi) is 3.75. The predicted octanol–water partition coefficient (Wildman–Crippen LogP) is 2.18. The molecule has 0 bridgehead atoms. The van der Waals surface area contributed by atoms with Gasteiger partial charge in [0.05, 0.1) is 4.88 Å². The molecular weight excluding hydrogens is 238 g/mol. The lowest BCUT2D eigenvalue weighted by atomic mass is 10.3. The van der Waals surface area contributed by atoms with E-state index in [0.29, 0.717) is 6.54 Å². The van der Waals surface area contributed by atoms with E-state index in [1.807, 2.05) is 18.4 Å². The fraction of sp³-hybridized carbons (Fsp3) is 0.375. The summed E-state index contributed by atoms with van der Waals surface area (Å²) in [6.07, 6.45) is 0. The highest BCUT2D eigenvalue weighted by Gasteiger charge is 2.08. The van der Waals surface area contributed by atoms with Crippen molar-refractivity contribution in [2.45, 2.75) is 6.92 Å². The van der Waals surface area contributed by atoms with Crippen molar-refractivity contribution >= 4 is 33.2 Å². The van der Waals surface area contributed by atoms with Gasteiger partial charge in [-0.1, -0.05) is 15.9 Å². The average molecular weight is 248 g/mol. The van der Waals surface area contributed by atoms with Gasteiger partial charge in [0.1, 0.15) is 0 Å². The molecule has 1 amide bonds. The monoisotopic (exact) mass is 247 g/mol. The number of carbonyl (C=O) groups excluding carboxylic acids is 1. The lowest BCUT2D eigenvalue weighted by Gasteiger charge is -2.00. The van der Waals surface area contributed by atoms with Crippen molar-refractivity contribution in [3.63, 3.8) is 0 Å². The van der Waals surface area contributed by atoms with Crippen LogP contribution in [0, 0.1) is 6.92 Å². The fourth-order valence-corrected chi connectivity index (χ4v) is 1.89. The average Bonchev–Trinajstić information content (AvgIpc) is 2.47. The van der Waals surface area contributed by atoms with Crippen molar-refractivity contribution < 1.29 is 4.79 Å². The molecule has 0 aliphatic heterocycles. The second-order valence-corrected chi connectivity index (χ2v) is 4.09. The SMILES string of the molecule is Cc1ccsc1C(=O)NCCBr. The summed E-state index contributed by atoms with van der Waals surface area (Å²) in [6.45, 7) is 2.62. The third-order valence-corrected chi connectivity index (χ3v) is 2.86. The van der Waals surface area contributed by atoms with Crippen molar-refractivity contribution in [2.75, 3.05) is 11.9 Å². The molecule has 0 aliphatic carbocycles. The van der Waals surface area contributed by atoms with Crippen molar-refractivity contribution in [1.82, 2.24) is 5.32 Å². The quantitative estimate of drug-likeness (QED) is 0.816. The van der Waals surface area contributed by atoms with E-state index in [2.05, 4.69) is 21.2 Å². The first-order chi connectivity index (χ1) is 5.75. The first-order valence-electron chi connectivity index (χ1n) is 3.64. The van der Waals surface area contributed by atoms with E-state index in [9.17, 15) is 4.79 Å². The fourth-order valence-electron chi connectivity index (χ4n) is 0.846. The van der Waals surface area contributed by atoms with Crippen molar-refractivity contribution in [3.05, 3.63) is 21.9 Å². The Morgan fingerprint density at radius 1 is 1.75 bits per heavy atom. The van der Waals surface area contributed by atoms with Crippen LogP contribution in [0.1, 0.15) is 15.2 Å². The Labute approximate surface area is 84.1 Å². The molecule has 12 heavy (non-hydrogen) atoms. The van der Waals surface area contributed by atoms with E-state index in [1.165, 1.54) is 11.3 Å². The molecule has 0 saturated heterocycles. The largest absolute Gasteiger partial charge is 0.350 e. The van der Waals surface area contributed by atoms with Crippen LogP contribution >= 0.6 is 27.3 Å². The second kappa shape index (κ2) is 4.62. The van der Waals surface area contributed by atoms with Gasteiger partial charge in [-0.05, 0) is 23.9 Å². The van der Waals surface area contributed by atoms with Crippen LogP contribution in [0.2, 0.25) is 0 Å². The molecule has 1 N–H and O–H groups in total. The Morgan fingerprint density at radius 2 is 2.50 bits per heavy atom. The van der Waals surface area contributed by atoms with Gasteiger partial charge in [-0.15, -0.1) is 11.3 Å². The van der Waals surface area contributed by atoms with E-state index < -0.39 is 0 Å². The molecule has 0 unspecified atom stereocenters. The van der Waals surface area contributed by atoms with Gasteiger partial charge in [0, 0.05) is 11.9 Å². The molecule has 0 aliphatic rings. The summed E-state index contributed by atoms with van der Waals surface area (Å²) in [5.41, 5.74) is 1.05. The Morgan fingerprint density at radius 3 is 3.00 bits per heavy atom. The summed E-state index contributed by atoms with van der Waals surface area (Å²) in [6, 6.07) is 1.95. The molecule has 0 atom stereocenters. The van der Waals surface area contributed by atoms with Crippen LogP contribution in [-0.2, 0) is 0 Å². The first-order valence-corrected chi connectivity index (χ1v) is 5.64. The van der Waals surface area contributed by atoms with Crippen LogP contribution < -0.4 is 5.32 Å². The number of hydrogen-bond acceptors (Lipinski definition) is 2. The molecule has 1 rings (SSSR count). The summed E-state index contributed by atoms with van der Waals surface area (Å²) in [5.74, 6) is 0.0296. The summed E-state index contributed by atoms with van der Waals surface area (Å²) in [5, 5.41) is 5.52. The molecule has 0 saturated carbocycles. The van der Waals surface area contributed by atoms with Crippen LogP contribution in [0.5, 0.6) is 0 Å². The van der Waals surface area contributed by atoms with E-state index >= 15 is 0 Å². The van der Waals surface area contributed by atoms with Gasteiger partial charge >= 0.3 is 0 Å². The highest BCUT2D eigenvalue weighted by molar-refractivity contribution is 9.09. The standard InChI is InChI=1S/C8H10BrNOS/c1-6-2-5-12-7(6)8(11)10-4-3-9/h2,5H,3-4H2,1H3,(H,10,11). The zero-order valence-electron chi connectivity index (χ0n) is 6.76. The van der Waals surface area contributed by atoms with Gasteiger partial charge < -0.3 is 5.32 Å². The molecule has 4 heteroatoms. The second-order valence-electron chi connectivity index (χ2n) is 2.38. The Bertz CT molecular complexity index is 272. The van der Waals surface area contributed by atoms with Crippen LogP contribution in [-0.4, -0.2) is 17.8 Å². The molecule has 0 spiro atoms. The van der Waals surface area contributed by atoms with Crippen LogP contribution in [0.4, 0.5) is 0 Å². The molecule has 0 fully saturated rings. The van der Waals surface area contributed by atoms with Gasteiger partial charge in [0.2, 0.25) is 0 Å². The van der Waals surface area contributed by atoms with Crippen molar-refractivity contribution in [3.8, 4) is 0 Å². The maximum Gasteiger partial charge on any atom is 0.261 e. The molecule has 0 aromatic carbocycles. The predicted molar refractivity (Wildman–Crippen MR) is 55.2 cm³/mol. The summed E-state index contributed by atoms with van der Waals surface area (Å²) in [7, 11) is 0. The minimum absolute atomic E-state index is 0.0296. The van der Waals surface area contributed by atoms with Gasteiger partial charge in [-0.2, -0.15) is 0 Å². The van der Waals surface area contributed by atoms with Gasteiger partial charge in [0.15, 0.2) is 0 Å². The number of carbonyl (C=O) groups is 1. The van der Waals surface area contributed by atoms with Crippen molar-refractivity contribution in [1.29, 1.82) is 0 Å². The Hall–Kier alpha value is -0.350. The smallest absolute Gasteiger partial charge is 0.261 e. The summed E-state index contributed by atoms with van der Waals surface area (Å²) < 4.78 is 0. The molecule has 66 valence electrons. The molecule has 2 nitrogen and oxygen atoms in total. The van der Waals surface area contributed by atoms with Gasteiger partial charge in [-0.25, -0.2) is 0 Å². The highest BCUT2D eigenvalue weighted by atomic mass is 79.9. The van der Waals surface area contributed by atoms with Crippen molar-refractivity contribution in [2.24, 2.45) is 0 Å². The van der Waals surface area contributed by atoms with E-state index in [4.69, 9.17) is 0 Å². The molecule has 1 aromatic rings. The lowest BCUT2D eigenvalue weighted by molar-refractivity contribution is 0.0960. The topological polar surface area (TPSA) is 29.1 Å². The minimum Gasteiger partial charge on any atom is -0.350 e. The number of halogens is 1. The lowest BCUT2D eigenvalue weighted by Crippen LogP contribution is -2.24. The van der Waals surface area contributed by atoms with E-state index in [0.717, 1.165) is 15.8 Å². The normalized spacial score (nSPS) is 9.83. The number of alkyl halides is 1. The summed E-state index contributed by atoms with van der Waals surface area (Å²) in [4.78, 5) is 12.2. The van der Waals surface area contributed by atoms with Crippen LogP contribution in [0.25, 0.3) is 0 Å². The maximum absolute atomic E-state index is 11.4. The third kappa shape index (κ3) is 2.32. The number of rotatable bonds is 3. The van der Waals surface area contributed by atoms with E-state index in [1.54, 1.807) is 0 Å². The minimum atomic E-state index is 0.0296.